The first kappa shape index (κ1) is 22.5. The summed E-state index contributed by atoms with van der Waals surface area (Å²) in [5.74, 6) is -0.793. The van der Waals surface area contributed by atoms with E-state index in [0.717, 1.165) is 25.9 Å². The number of carboxylic acid groups (broad SMARTS) is 1. The van der Waals surface area contributed by atoms with Gasteiger partial charge in [-0.15, -0.1) is 11.3 Å². The summed E-state index contributed by atoms with van der Waals surface area (Å²) in [7, 11) is 0. The number of aromatic nitrogens is 3. The Bertz CT molecular complexity index is 1290. The highest BCUT2D eigenvalue weighted by Crippen LogP contribution is 2.28. The quantitative estimate of drug-likeness (QED) is 0.545. The lowest BCUT2D eigenvalue weighted by atomic mass is 9.98. The van der Waals surface area contributed by atoms with E-state index in [9.17, 15) is 19.5 Å². The predicted molar refractivity (Wildman–Crippen MR) is 127 cm³/mol. The van der Waals surface area contributed by atoms with Crippen molar-refractivity contribution < 1.29 is 19.4 Å². The fourth-order valence-corrected chi connectivity index (χ4v) is 5.05. The maximum absolute atomic E-state index is 12.9. The zero-order valence-electron chi connectivity index (χ0n) is 18.7. The summed E-state index contributed by atoms with van der Waals surface area (Å²) in [4.78, 5) is 48.1. The first-order valence-corrected chi connectivity index (χ1v) is 12.1. The summed E-state index contributed by atoms with van der Waals surface area (Å²) in [5, 5.41) is 15.1. The van der Waals surface area contributed by atoms with E-state index in [1.54, 1.807) is 29.1 Å². The van der Waals surface area contributed by atoms with Crippen molar-refractivity contribution in [2.45, 2.75) is 32.3 Å². The predicted octanol–water partition coefficient (Wildman–Crippen LogP) is 1.97. The largest absolute Gasteiger partial charge is 0.477 e. The highest BCUT2D eigenvalue weighted by atomic mass is 32.1. The Kier molecular flexibility index (Phi) is 6.05. The van der Waals surface area contributed by atoms with E-state index < -0.39 is 11.4 Å². The second-order valence-corrected chi connectivity index (χ2v) is 9.57. The van der Waals surface area contributed by atoms with Crippen molar-refractivity contribution in [2.24, 2.45) is 5.92 Å². The third-order valence-electron chi connectivity index (χ3n) is 6.35. The van der Waals surface area contributed by atoms with Crippen LogP contribution in [0, 0.1) is 12.8 Å². The van der Waals surface area contributed by atoms with Crippen LogP contribution in [0.4, 0.5) is 5.82 Å². The lowest BCUT2D eigenvalue weighted by Crippen LogP contribution is -2.55. The lowest BCUT2D eigenvalue weighted by Gasteiger charge is -2.39. The summed E-state index contributed by atoms with van der Waals surface area (Å²) in [5.41, 5.74) is 0.0729. The van der Waals surface area contributed by atoms with Crippen molar-refractivity contribution in [3.05, 3.63) is 45.2 Å². The van der Waals surface area contributed by atoms with Crippen LogP contribution < -0.4 is 15.6 Å². The molecule has 2 saturated heterocycles. The molecule has 3 aromatic heterocycles. The molecule has 1 atom stereocenters. The van der Waals surface area contributed by atoms with Gasteiger partial charge in [-0.3, -0.25) is 14.2 Å². The molecule has 2 N–H and O–H groups in total. The number of aryl methyl sites for hydroxylation is 1. The topological polar surface area (TPSA) is 127 Å². The number of carboxylic acids is 1. The molecule has 11 heteroatoms. The Morgan fingerprint density at radius 2 is 2.15 bits per heavy atom. The van der Waals surface area contributed by atoms with Crippen molar-refractivity contribution in [3.8, 4) is 5.13 Å². The molecule has 0 aliphatic carbocycles. The Labute approximate surface area is 199 Å². The third-order valence-corrected chi connectivity index (χ3v) is 7.12. The number of carbonyl (C=O) groups excluding carboxylic acids is 1. The second kappa shape index (κ2) is 9.15. The third kappa shape index (κ3) is 4.16. The summed E-state index contributed by atoms with van der Waals surface area (Å²) < 4.78 is 7.23. The Morgan fingerprint density at radius 3 is 2.82 bits per heavy atom. The smallest absolute Gasteiger partial charge is 0.341 e. The number of rotatable bonds is 6. The fourth-order valence-electron chi connectivity index (χ4n) is 4.43. The van der Waals surface area contributed by atoms with E-state index >= 15 is 0 Å². The van der Waals surface area contributed by atoms with Gasteiger partial charge in [-0.25, -0.2) is 14.8 Å². The number of thiazole rings is 1. The molecule has 0 spiro atoms. The summed E-state index contributed by atoms with van der Waals surface area (Å²) in [6.45, 7) is 4.09. The number of hydrogen-bond acceptors (Lipinski definition) is 8. The minimum atomic E-state index is -1.30. The van der Waals surface area contributed by atoms with Crippen LogP contribution in [0.15, 0.2) is 28.6 Å². The molecule has 34 heavy (non-hydrogen) atoms. The normalized spacial score (nSPS) is 18.6. The Balaban J connectivity index is 1.38. The highest BCUT2D eigenvalue weighted by Gasteiger charge is 2.34. The number of nitrogens with zero attached hydrogens (tertiary/aromatic N) is 4. The SMILES string of the molecule is Cc1cc(N2CC(C(=O)NCC3CCCCO3)C2)nc2c1c(=O)c(C(=O)O)cn2-c1nccs1. The fraction of sp³-hybridized carbons (Fsp3) is 0.435. The van der Waals surface area contributed by atoms with E-state index in [1.807, 2.05) is 4.90 Å². The van der Waals surface area contributed by atoms with Gasteiger partial charge >= 0.3 is 5.97 Å². The van der Waals surface area contributed by atoms with Gasteiger partial charge in [0.2, 0.25) is 11.3 Å². The standard InChI is InChI=1S/C23H25N5O5S/c1-13-8-17(27-10-14(11-27)21(30)25-9-15-4-2-3-6-33-15)26-20-18(13)19(29)16(22(31)32)12-28(20)23-24-5-7-34-23/h5,7-8,12,14-15H,2-4,6,9-11H2,1H3,(H,25,30)(H,31,32). The monoisotopic (exact) mass is 483 g/mol. The van der Waals surface area contributed by atoms with E-state index in [0.29, 0.717) is 41.8 Å². The van der Waals surface area contributed by atoms with Gasteiger partial charge in [0, 0.05) is 44.0 Å². The summed E-state index contributed by atoms with van der Waals surface area (Å²) >= 11 is 1.32. The molecule has 0 bridgehead atoms. The summed E-state index contributed by atoms with van der Waals surface area (Å²) in [6.07, 6.45) is 6.16. The zero-order chi connectivity index (χ0) is 23.8. The van der Waals surface area contributed by atoms with Gasteiger partial charge in [0.15, 0.2) is 10.8 Å². The van der Waals surface area contributed by atoms with Gasteiger partial charge in [-0.1, -0.05) is 0 Å². The number of nitrogens with one attached hydrogen (secondary N) is 1. The van der Waals surface area contributed by atoms with Gasteiger partial charge in [-0.05, 0) is 37.8 Å². The van der Waals surface area contributed by atoms with Crippen molar-refractivity contribution in [1.82, 2.24) is 19.9 Å². The number of anilines is 1. The number of pyridine rings is 2. The molecule has 0 saturated carbocycles. The molecule has 2 fully saturated rings. The molecule has 2 aliphatic rings. The average Bonchev–Trinajstić information content (AvgIpc) is 3.32. The van der Waals surface area contributed by atoms with Crippen LogP contribution in [0.5, 0.6) is 0 Å². The van der Waals surface area contributed by atoms with Gasteiger partial charge in [0.05, 0.1) is 17.4 Å². The zero-order valence-corrected chi connectivity index (χ0v) is 19.5. The number of fused-ring (bicyclic) bond motifs is 1. The Morgan fingerprint density at radius 1 is 1.32 bits per heavy atom. The minimum absolute atomic E-state index is 0.00808. The molecule has 0 aromatic carbocycles. The van der Waals surface area contributed by atoms with Gasteiger partial charge in [-0.2, -0.15) is 0 Å². The van der Waals surface area contributed by atoms with Crippen LogP contribution in [0.25, 0.3) is 16.2 Å². The molecule has 10 nitrogen and oxygen atoms in total. The van der Waals surface area contributed by atoms with Gasteiger partial charge in [0.1, 0.15) is 11.4 Å². The van der Waals surface area contributed by atoms with Crippen LogP contribution in [-0.4, -0.2) is 63.9 Å². The van der Waals surface area contributed by atoms with Crippen molar-refractivity contribution >= 4 is 40.1 Å². The van der Waals surface area contributed by atoms with Gasteiger partial charge < -0.3 is 20.1 Å². The number of amides is 1. The minimum Gasteiger partial charge on any atom is -0.477 e. The molecule has 5 rings (SSSR count). The molecule has 178 valence electrons. The van der Waals surface area contributed by atoms with Crippen LogP contribution in [0.3, 0.4) is 0 Å². The molecular formula is C23H25N5O5S. The van der Waals surface area contributed by atoms with Crippen LogP contribution in [0.2, 0.25) is 0 Å². The van der Waals surface area contributed by atoms with Crippen LogP contribution in [0.1, 0.15) is 35.2 Å². The molecule has 1 amide bonds. The summed E-state index contributed by atoms with van der Waals surface area (Å²) in [6, 6.07) is 1.77. The van der Waals surface area contributed by atoms with E-state index in [-0.39, 0.29) is 28.9 Å². The maximum Gasteiger partial charge on any atom is 0.341 e. The molecule has 5 heterocycles. The van der Waals surface area contributed by atoms with Gasteiger partial charge in [0.25, 0.3) is 0 Å². The van der Waals surface area contributed by atoms with E-state index in [1.165, 1.54) is 17.5 Å². The maximum atomic E-state index is 12.9. The molecule has 2 aliphatic heterocycles. The van der Waals surface area contributed by atoms with Crippen molar-refractivity contribution in [1.29, 1.82) is 0 Å². The van der Waals surface area contributed by atoms with Crippen LogP contribution >= 0.6 is 11.3 Å². The van der Waals surface area contributed by atoms with E-state index in [2.05, 4.69) is 10.3 Å². The first-order valence-electron chi connectivity index (χ1n) is 11.3. The number of carbonyl (C=O) groups is 2. The molecular weight excluding hydrogens is 458 g/mol. The molecule has 3 aromatic rings. The molecule has 1 unspecified atom stereocenters. The average molecular weight is 484 g/mol. The lowest BCUT2D eigenvalue weighted by molar-refractivity contribution is -0.126. The van der Waals surface area contributed by atoms with Crippen molar-refractivity contribution in [2.75, 3.05) is 31.1 Å². The number of hydrogen-bond donors (Lipinski definition) is 2. The number of ether oxygens (including phenoxy) is 1. The Hall–Kier alpha value is -3.31. The second-order valence-electron chi connectivity index (χ2n) is 8.69. The highest BCUT2D eigenvalue weighted by molar-refractivity contribution is 7.12. The van der Waals surface area contributed by atoms with Crippen LogP contribution in [-0.2, 0) is 9.53 Å². The first-order chi connectivity index (χ1) is 16.4. The number of aromatic carboxylic acids is 1. The van der Waals surface area contributed by atoms with E-state index in [4.69, 9.17) is 9.72 Å². The van der Waals surface area contributed by atoms with Crippen molar-refractivity contribution in [3.63, 3.8) is 0 Å². The molecule has 0 radical (unpaired) electrons.